The smallest absolute Gasteiger partial charge is 0.311 e. The fourth-order valence-corrected chi connectivity index (χ4v) is 2.11. The van der Waals surface area contributed by atoms with Gasteiger partial charge in [-0.15, -0.1) is 0 Å². The molecule has 0 heterocycles. The van der Waals surface area contributed by atoms with E-state index in [1.54, 1.807) is 6.07 Å². The maximum atomic E-state index is 13.3. The lowest BCUT2D eigenvalue weighted by Gasteiger charge is -2.09. The van der Waals surface area contributed by atoms with E-state index in [0.717, 1.165) is 0 Å². The van der Waals surface area contributed by atoms with Gasteiger partial charge in [-0.2, -0.15) is 0 Å². The minimum atomic E-state index is -0.563. The van der Waals surface area contributed by atoms with E-state index in [9.17, 15) is 14.5 Å². The Balaban J connectivity index is 2.24. The lowest BCUT2D eigenvalue weighted by Crippen LogP contribution is -2.00. The van der Waals surface area contributed by atoms with Crippen LogP contribution in [0.25, 0.3) is 0 Å². The molecule has 0 aliphatic carbocycles. The van der Waals surface area contributed by atoms with E-state index in [-0.39, 0.29) is 22.5 Å². The highest BCUT2D eigenvalue weighted by Gasteiger charge is 2.16. The fraction of sp³-hybridized carbons (Fsp3) is 0.0769. The zero-order valence-corrected chi connectivity index (χ0v) is 12.3. The van der Waals surface area contributed by atoms with E-state index in [2.05, 4.69) is 15.9 Å². The maximum Gasteiger partial charge on any atom is 0.311 e. The molecule has 104 valence electrons. The highest BCUT2D eigenvalue weighted by atomic mass is 79.9. The third kappa shape index (κ3) is 3.26. The van der Waals surface area contributed by atoms with Crippen LogP contribution in [-0.2, 0) is 6.61 Å². The van der Waals surface area contributed by atoms with Crippen molar-refractivity contribution in [1.82, 2.24) is 0 Å². The van der Waals surface area contributed by atoms with E-state index in [4.69, 9.17) is 16.3 Å². The first-order chi connectivity index (χ1) is 9.49. The molecular weight excluding hydrogens is 353 g/mol. The number of benzene rings is 2. The van der Waals surface area contributed by atoms with Gasteiger partial charge in [-0.1, -0.05) is 23.7 Å². The molecule has 4 nitrogen and oxygen atoms in total. The third-order valence-corrected chi connectivity index (χ3v) is 3.66. The SMILES string of the molecule is O=[N+]([O-])c1ccc(Cl)cc1OCc1cccc(F)c1Br. The Morgan fingerprint density at radius 2 is 2.10 bits per heavy atom. The van der Waals surface area contributed by atoms with Crippen molar-refractivity contribution in [3.8, 4) is 5.75 Å². The van der Waals surface area contributed by atoms with Crippen molar-refractivity contribution < 1.29 is 14.1 Å². The largest absolute Gasteiger partial charge is 0.482 e. The summed E-state index contributed by atoms with van der Waals surface area (Å²) in [4.78, 5) is 10.3. The zero-order chi connectivity index (χ0) is 14.7. The Kier molecular flexibility index (Phi) is 4.57. The summed E-state index contributed by atoms with van der Waals surface area (Å²) in [5, 5.41) is 11.2. The second kappa shape index (κ2) is 6.19. The van der Waals surface area contributed by atoms with Crippen molar-refractivity contribution in [2.24, 2.45) is 0 Å². The Hall–Kier alpha value is -1.66. The first-order valence-electron chi connectivity index (χ1n) is 5.48. The van der Waals surface area contributed by atoms with Gasteiger partial charge >= 0.3 is 5.69 Å². The first kappa shape index (κ1) is 14.7. The van der Waals surface area contributed by atoms with E-state index >= 15 is 0 Å². The van der Waals surface area contributed by atoms with Crippen molar-refractivity contribution in [3.63, 3.8) is 0 Å². The molecule has 0 radical (unpaired) electrons. The minimum Gasteiger partial charge on any atom is -0.482 e. The number of nitro groups is 1. The van der Waals surface area contributed by atoms with Crippen LogP contribution in [0.1, 0.15) is 5.56 Å². The number of hydrogen-bond acceptors (Lipinski definition) is 3. The molecule has 0 aliphatic heterocycles. The minimum absolute atomic E-state index is 0.0144. The second-order valence-corrected chi connectivity index (χ2v) is 5.10. The number of nitrogens with zero attached hydrogens (tertiary/aromatic N) is 1. The molecule has 0 spiro atoms. The van der Waals surface area contributed by atoms with E-state index in [0.29, 0.717) is 10.6 Å². The molecule has 0 aromatic heterocycles. The van der Waals surface area contributed by atoms with Gasteiger partial charge in [0.05, 0.1) is 9.40 Å². The van der Waals surface area contributed by atoms with Gasteiger partial charge in [-0.25, -0.2) is 4.39 Å². The van der Waals surface area contributed by atoms with Gasteiger partial charge in [0.25, 0.3) is 0 Å². The van der Waals surface area contributed by atoms with Gasteiger partial charge in [0.1, 0.15) is 12.4 Å². The molecule has 2 rings (SSSR count). The second-order valence-electron chi connectivity index (χ2n) is 3.87. The van der Waals surface area contributed by atoms with Crippen molar-refractivity contribution in [2.45, 2.75) is 6.61 Å². The highest BCUT2D eigenvalue weighted by Crippen LogP contribution is 2.31. The van der Waals surface area contributed by atoms with Crippen LogP contribution < -0.4 is 4.74 Å². The number of halogens is 3. The van der Waals surface area contributed by atoms with Gasteiger partial charge < -0.3 is 4.74 Å². The predicted molar refractivity (Wildman–Crippen MR) is 76.5 cm³/mol. The highest BCUT2D eigenvalue weighted by molar-refractivity contribution is 9.10. The standard InChI is InChI=1S/C13H8BrClFNO3/c14-13-8(2-1-3-10(13)16)7-20-12-6-9(15)4-5-11(12)17(18)19/h1-6H,7H2. The predicted octanol–water partition coefficient (Wildman–Crippen LogP) is 4.73. The van der Waals surface area contributed by atoms with Gasteiger partial charge in [0, 0.05) is 22.7 Å². The molecule has 7 heteroatoms. The summed E-state index contributed by atoms with van der Waals surface area (Å²) in [6.45, 7) is -0.0144. The van der Waals surface area contributed by atoms with Crippen molar-refractivity contribution >= 4 is 33.2 Å². The summed E-state index contributed by atoms with van der Waals surface area (Å²) in [6, 6.07) is 8.51. The Labute approximate surface area is 127 Å². The van der Waals surface area contributed by atoms with Crippen LogP contribution in [0.4, 0.5) is 10.1 Å². The summed E-state index contributed by atoms with van der Waals surface area (Å²) in [7, 11) is 0. The number of rotatable bonds is 4. The topological polar surface area (TPSA) is 52.4 Å². The van der Waals surface area contributed by atoms with Crippen LogP contribution in [0.5, 0.6) is 5.75 Å². The normalized spacial score (nSPS) is 10.3. The van der Waals surface area contributed by atoms with Crippen LogP contribution in [0.3, 0.4) is 0 Å². The molecule has 0 N–H and O–H groups in total. The fourth-order valence-electron chi connectivity index (χ4n) is 1.57. The molecule has 0 bridgehead atoms. The van der Waals surface area contributed by atoms with Gasteiger partial charge in [-0.05, 0) is 28.1 Å². The average molecular weight is 361 g/mol. The Morgan fingerprint density at radius 1 is 1.35 bits per heavy atom. The average Bonchev–Trinajstić information content (AvgIpc) is 2.40. The maximum absolute atomic E-state index is 13.3. The number of ether oxygens (including phenoxy) is 1. The Morgan fingerprint density at radius 3 is 2.80 bits per heavy atom. The van der Waals surface area contributed by atoms with Gasteiger partial charge in [0.15, 0.2) is 5.75 Å². The number of nitro benzene ring substituents is 1. The molecule has 2 aromatic carbocycles. The van der Waals surface area contributed by atoms with E-state index in [1.165, 1.54) is 30.3 Å². The molecule has 2 aromatic rings. The van der Waals surface area contributed by atoms with Crippen LogP contribution in [-0.4, -0.2) is 4.92 Å². The summed E-state index contributed by atoms with van der Waals surface area (Å²) in [5.41, 5.74) is 0.348. The molecular formula is C13H8BrClFNO3. The van der Waals surface area contributed by atoms with Crippen molar-refractivity contribution in [2.75, 3.05) is 0 Å². The van der Waals surface area contributed by atoms with E-state index < -0.39 is 10.7 Å². The lowest BCUT2D eigenvalue weighted by molar-refractivity contribution is -0.385. The van der Waals surface area contributed by atoms with Gasteiger partial charge in [0.2, 0.25) is 0 Å². The molecule has 0 aliphatic rings. The van der Waals surface area contributed by atoms with Gasteiger partial charge in [-0.3, -0.25) is 10.1 Å². The Bertz CT molecular complexity index is 666. The van der Waals surface area contributed by atoms with Crippen LogP contribution in [0.15, 0.2) is 40.9 Å². The van der Waals surface area contributed by atoms with Crippen molar-refractivity contribution in [3.05, 3.63) is 67.4 Å². The summed E-state index contributed by atoms with van der Waals surface area (Å²) in [6.07, 6.45) is 0. The zero-order valence-electron chi connectivity index (χ0n) is 9.98. The molecule has 0 amide bonds. The van der Waals surface area contributed by atoms with Crippen molar-refractivity contribution in [1.29, 1.82) is 0 Å². The molecule has 20 heavy (non-hydrogen) atoms. The number of hydrogen-bond donors (Lipinski definition) is 0. The third-order valence-electron chi connectivity index (χ3n) is 2.53. The van der Waals surface area contributed by atoms with E-state index in [1.807, 2.05) is 0 Å². The molecule has 0 saturated heterocycles. The lowest BCUT2D eigenvalue weighted by atomic mass is 10.2. The molecule has 0 atom stereocenters. The first-order valence-corrected chi connectivity index (χ1v) is 6.66. The summed E-state index contributed by atoms with van der Waals surface area (Å²) < 4.78 is 19.0. The quantitative estimate of drug-likeness (QED) is 0.585. The molecule has 0 saturated carbocycles. The van der Waals surface area contributed by atoms with Crippen LogP contribution in [0.2, 0.25) is 5.02 Å². The summed E-state index contributed by atoms with van der Waals surface area (Å²) in [5.74, 6) is -0.384. The van der Waals surface area contributed by atoms with Crippen LogP contribution in [0, 0.1) is 15.9 Å². The van der Waals surface area contributed by atoms with Crippen LogP contribution >= 0.6 is 27.5 Å². The summed E-state index contributed by atoms with van der Waals surface area (Å²) >= 11 is 8.89. The molecule has 0 fully saturated rings. The monoisotopic (exact) mass is 359 g/mol. The molecule has 0 unspecified atom stereocenters.